The van der Waals surface area contributed by atoms with Crippen molar-refractivity contribution in [1.29, 1.82) is 0 Å². The minimum Gasteiger partial charge on any atom is -0.504 e. The molecule has 4 atom stereocenters. The second-order valence-electron chi connectivity index (χ2n) is 12.2. The molecular weight excluding hydrogens is 700 g/mol. The molecule has 16 nitrogen and oxygen atoms in total. The summed E-state index contributed by atoms with van der Waals surface area (Å²) in [7, 11) is 0. The average Bonchev–Trinajstić information content (AvgIpc) is 3.09. The molecule has 4 aromatic carbocycles. The first-order chi connectivity index (χ1) is 25.0. The Balaban J connectivity index is 1.61. The van der Waals surface area contributed by atoms with Crippen LogP contribution in [-0.2, 0) is 41.5 Å². The molecule has 0 aliphatic heterocycles. The second-order valence-corrected chi connectivity index (χ2v) is 12.2. The van der Waals surface area contributed by atoms with Crippen LogP contribution in [-0.4, -0.2) is 87.2 Å². The number of phenols is 8. The van der Waals surface area contributed by atoms with Gasteiger partial charge in [-0.15, -0.1) is 0 Å². The molecule has 10 N–H and O–H groups in total. The topological polar surface area (TPSA) is 289 Å². The van der Waals surface area contributed by atoms with E-state index in [1.54, 1.807) is 0 Å². The SMILES string of the molecule is O=C(O)CC(Cc1ccc(O)c(O)c1)OC(=O)C1c2c(ccc(O)c2O)C=C(C(=O)OC(Cc2ccc(O)c(O)c2)C(=O)O)C1c1ccc(O)c(O)c1. The van der Waals surface area contributed by atoms with E-state index in [1.807, 2.05) is 0 Å². The Bertz CT molecular complexity index is 2140. The molecule has 4 unspecified atom stereocenters. The van der Waals surface area contributed by atoms with Crippen LogP contribution in [0.4, 0.5) is 0 Å². The van der Waals surface area contributed by atoms with Crippen molar-refractivity contribution in [3.05, 3.63) is 100 Å². The fourth-order valence-electron chi connectivity index (χ4n) is 6.05. The number of carboxylic acid groups (broad SMARTS) is 2. The number of hydrogen-bond acceptors (Lipinski definition) is 14. The van der Waals surface area contributed by atoms with E-state index < -0.39 is 112 Å². The summed E-state index contributed by atoms with van der Waals surface area (Å²) in [5.41, 5.74) is -0.441. The van der Waals surface area contributed by atoms with Gasteiger partial charge in [0.2, 0.25) is 6.10 Å². The highest BCUT2D eigenvalue weighted by Crippen LogP contribution is 2.52. The van der Waals surface area contributed by atoms with Gasteiger partial charge in [-0.1, -0.05) is 24.3 Å². The van der Waals surface area contributed by atoms with Gasteiger partial charge in [0, 0.05) is 29.9 Å². The van der Waals surface area contributed by atoms with Crippen LogP contribution >= 0.6 is 0 Å². The minimum atomic E-state index is -1.90. The third kappa shape index (κ3) is 8.12. The number of carbonyl (C=O) groups is 4. The molecule has 53 heavy (non-hydrogen) atoms. The highest BCUT2D eigenvalue weighted by atomic mass is 16.6. The van der Waals surface area contributed by atoms with Crippen LogP contribution in [0.25, 0.3) is 6.08 Å². The predicted octanol–water partition coefficient (Wildman–Crippen LogP) is 3.46. The Hall–Kier alpha value is -7.10. The lowest BCUT2D eigenvalue weighted by Gasteiger charge is -2.34. The quantitative estimate of drug-likeness (QED) is 0.0737. The Labute approximate surface area is 298 Å². The standard InChI is InChI=1S/C37H32O16/c38-22-5-1-16(10-26(22)42)9-20(15-30(45)46)52-37(51)33-31(19-3-7-24(40)28(44)14-19)21(13-18-4-8-25(41)34(47)32(18)33)36(50)53-29(35(48)49)12-17-2-6-23(39)27(43)11-17/h1-8,10-11,13-14,20,29,31,33,38-44,47H,9,12,15H2,(H,45,46)(H,48,49). The van der Waals surface area contributed by atoms with Gasteiger partial charge < -0.3 is 60.5 Å². The molecule has 0 amide bonds. The summed E-state index contributed by atoms with van der Waals surface area (Å²) in [4.78, 5) is 52.5. The maximum absolute atomic E-state index is 14.3. The zero-order chi connectivity index (χ0) is 38.7. The molecule has 5 rings (SSSR count). The van der Waals surface area contributed by atoms with Gasteiger partial charge in [0.05, 0.1) is 12.3 Å². The van der Waals surface area contributed by atoms with Gasteiger partial charge in [-0.3, -0.25) is 9.59 Å². The number of carbonyl (C=O) groups excluding carboxylic acids is 2. The number of fused-ring (bicyclic) bond motifs is 1. The van der Waals surface area contributed by atoms with Gasteiger partial charge in [0.25, 0.3) is 0 Å². The molecule has 276 valence electrons. The third-order valence-corrected chi connectivity index (χ3v) is 8.54. The number of ether oxygens (including phenoxy) is 2. The number of esters is 2. The molecule has 0 heterocycles. The number of hydrogen-bond donors (Lipinski definition) is 10. The van der Waals surface area contributed by atoms with Crippen LogP contribution in [0, 0.1) is 0 Å². The zero-order valence-electron chi connectivity index (χ0n) is 27.3. The number of aromatic hydroxyl groups is 8. The lowest BCUT2D eigenvalue weighted by molar-refractivity contribution is -0.161. The van der Waals surface area contributed by atoms with Crippen molar-refractivity contribution in [2.45, 2.75) is 43.3 Å². The highest BCUT2D eigenvalue weighted by Gasteiger charge is 2.45. The van der Waals surface area contributed by atoms with E-state index in [2.05, 4.69) is 0 Å². The van der Waals surface area contributed by atoms with Crippen LogP contribution in [0.15, 0.2) is 72.3 Å². The van der Waals surface area contributed by atoms with Gasteiger partial charge >= 0.3 is 23.9 Å². The molecule has 1 aliphatic rings. The maximum Gasteiger partial charge on any atom is 0.345 e. The number of phenolic OH excluding ortho intramolecular Hbond substituents is 8. The van der Waals surface area contributed by atoms with E-state index in [-0.39, 0.29) is 34.2 Å². The van der Waals surface area contributed by atoms with Gasteiger partial charge in [-0.2, -0.15) is 0 Å². The van der Waals surface area contributed by atoms with E-state index in [0.717, 1.165) is 48.5 Å². The van der Waals surface area contributed by atoms with E-state index in [9.17, 15) is 70.2 Å². The van der Waals surface area contributed by atoms with Crippen molar-refractivity contribution in [2.24, 2.45) is 0 Å². The van der Waals surface area contributed by atoms with Gasteiger partial charge in [0.15, 0.2) is 46.0 Å². The Kier molecular flexibility index (Phi) is 10.5. The minimum absolute atomic E-state index is 0.0398. The number of benzene rings is 4. The van der Waals surface area contributed by atoms with Crippen molar-refractivity contribution >= 4 is 30.0 Å². The van der Waals surface area contributed by atoms with Crippen LogP contribution in [0.1, 0.15) is 46.1 Å². The Morgan fingerprint density at radius 2 is 1.17 bits per heavy atom. The molecule has 16 heteroatoms. The van der Waals surface area contributed by atoms with Crippen molar-refractivity contribution in [1.82, 2.24) is 0 Å². The number of rotatable bonds is 12. The number of aliphatic carboxylic acids is 2. The smallest absolute Gasteiger partial charge is 0.345 e. The summed E-state index contributed by atoms with van der Waals surface area (Å²) in [6, 6.07) is 12.5. The van der Waals surface area contributed by atoms with E-state index in [1.165, 1.54) is 24.3 Å². The fourth-order valence-corrected chi connectivity index (χ4v) is 6.05. The zero-order valence-corrected chi connectivity index (χ0v) is 27.3. The molecular formula is C37H32O16. The summed E-state index contributed by atoms with van der Waals surface area (Å²) in [6.07, 6.45) is -3.79. The second kappa shape index (κ2) is 15.0. The highest BCUT2D eigenvalue weighted by molar-refractivity contribution is 6.01. The first kappa shape index (κ1) is 37.2. The van der Waals surface area contributed by atoms with E-state index in [4.69, 9.17) is 9.47 Å². The third-order valence-electron chi connectivity index (χ3n) is 8.54. The molecule has 1 aliphatic carbocycles. The lowest BCUT2D eigenvalue weighted by atomic mass is 9.71. The van der Waals surface area contributed by atoms with Crippen molar-refractivity contribution < 1.29 is 79.7 Å². The van der Waals surface area contributed by atoms with Crippen LogP contribution in [0.5, 0.6) is 46.0 Å². The average molecular weight is 733 g/mol. The van der Waals surface area contributed by atoms with Crippen molar-refractivity contribution in [2.75, 3.05) is 0 Å². The molecule has 0 saturated carbocycles. The van der Waals surface area contributed by atoms with Crippen LogP contribution in [0.3, 0.4) is 0 Å². The predicted molar refractivity (Wildman–Crippen MR) is 180 cm³/mol. The van der Waals surface area contributed by atoms with Crippen molar-refractivity contribution in [3.8, 4) is 46.0 Å². The first-order valence-electron chi connectivity index (χ1n) is 15.7. The monoisotopic (exact) mass is 732 g/mol. The van der Waals surface area contributed by atoms with E-state index >= 15 is 0 Å². The lowest BCUT2D eigenvalue weighted by Crippen LogP contribution is -2.35. The summed E-state index contributed by atoms with van der Waals surface area (Å²) in [5.74, 6) is -13.9. The normalized spacial score (nSPS) is 16.0. The van der Waals surface area contributed by atoms with Crippen LogP contribution in [0.2, 0.25) is 0 Å². The first-order valence-corrected chi connectivity index (χ1v) is 15.7. The summed E-state index contributed by atoms with van der Waals surface area (Å²) >= 11 is 0. The fraction of sp³-hybridized carbons (Fsp3) is 0.189. The Morgan fingerprint density at radius 3 is 1.72 bits per heavy atom. The molecule has 0 bridgehead atoms. The van der Waals surface area contributed by atoms with E-state index in [0.29, 0.717) is 0 Å². The Morgan fingerprint density at radius 1 is 0.623 bits per heavy atom. The maximum atomic E-state index is 14.3. The summed E-state index contributed by atoms with van der Waals surface area (Å²) < 4.78 is 11.1. The molecule has 4 aromatic rings. The molecule has 0 fully saturated rings. The molecule has 0 saturated heterocycles. The molecule has 0 radical (unpaired) electrons. The summed E-state index contributed by atoms with van der Waals surface area (Å²) in [5, 5.41) is 101. The van der Waals surface area contributed by atoms with Crippen molar-refractivity contribution in [3.63, 3.8) is 0 Å². The molecule has 0 spiro atoms. The van der Waals surface area contributed by atoms with Gasteiger partial charge in [-0.05, 0) is 70.8 Å². The van der Waals surface area contributed by atoms with Gasteiger partial charge in [-0.25, -0.2) is 9.59 Å². The molecule has 0 aromatic heterocycles. The van der Waals surface area contributed by atoms with Gasteiger partial charge in [0.1, 0.15) is 6.10 Å². The summed E-state index contributed by atoms with van der Waals surface area (Å²) in [6.45, 7) is 0. The largest absolute Gasteiger partial charge is 0.504 e. The van der Waals surface area contributed by atoms with Crippen LogP contribution < -0.4 is 0 Å². The number of carboxylic acids is 2.